The molecule has 0 radical (unpaired) electrons. The molecule has 4 nitrogen and oxygen atoms in total. The molecule has 0 spiro atoms. The van der Waals surface area contributed by atoms with Crippen LogP contribution in [0.2, 0.25) is 10.0 Å². The van der Waals surface area contributed by atoms with Crippen molar-refractivity contribution in [1.82, 2.24) is 9.88 Å². The maximum atomic E-state index is 12.4. The van der Waals surface area contributed by atoms with E-state index in [1.54, 1.807) is 18.2 Å². The zero-order valence-electron chi connectivity index (χ0n) is 13.9. The minimum absolute atomic E-state index is 0.197. The molecule has 4 rings (SSSR count). The van der Waals surface area contributed by atoms with Gasteiger partial charge in [0.25, 0.3) is 5.91 Å². The van der Waals surface area contributed by atoms with Gasteiger partial charge >= 0.3 is 0 Å². The molecule has 0 atom stereocenters. The molecule has 1 aromatic heterocycles. The smallest absolute Gasteiger partial charge is 0.264 e. The molecule has 134 valence electrons. The first-order valence-electron chi connectivity index (χ1n) is 8.08. The molecule has 1 aliphatic rings. The van der Waals surface area contributed by atoms with Gasteiger partial charge in [-0.1, -0.05) is 47.5 Å². The van der Waals surface area contributed by atoms with Gasteiger partial charge in [-0.15, -0.1) is 0 Å². The van der Waals surface area contributed by atoms with Gasteiger partial charge < -0.3 is 9.88 Å². The molecule has 1 saturated heterocycles. The van der Waals surface area contributed by atoms with E-state index in [2.05, 4.69) is 10.3 Å². The number of benzene rings is 2. The quantitative estimate of drug-likeness (QED) is 0.561. The Bertz CT molecular complexity index is 1070. The molecule has 27 heavy (non-hydrogen) atoms. The predicted octanol–water partition coefficient (Wildman–Crippen LogP) is 5.68. The van der Waals surface area contributed by atoms with Gasteiger partial charge in [-0.2, -0.15) is 0 Å². The summed E-state index contributed by atoms with van der Waals surface area (Å²) < 4.78 is 2.02. The third-order valence-corrected chi connectivity index (χ3v) is 5.62. The Balaban J connectivity index is 1.63. The zero-order valence-corrected chi connectivity index (χ0v) is 16.2. The predicted molar refractivity (Wildman–Crippen MR) is 113 cm³/mol. The Morgan fingerprint density at radius 2 is 1.81 bits per heavy atom. The first-order valence-corrected chi connectivity index (χ1v) is 9.65. The van der Waals surface area contributed by atoms with Crippen molar-refractivity contribution in [2.24, 2.45) is 4.99 Å². The lowest BCUT2D eigenvalue weighted by Crippen LogP contribution is -2.19. The highest BCUT2D eigenvalue weighted by Gasteiger charge is 2.24. The third kappa shape index (κ3) is 3.81. The number of aliphatic imine (C=N–C) groups is 1. The molecule has 3 aromatic rings. The second-order valence-electron chi connectivity index (χ2n) is 5.69. The van der Waals surface area contributed by atoms with Crippen molar-refractivity contribution in [2.45, 2.75) is 0 Å². The summed E-state index contributed by atoms with van der Waals surface area (Å²) in [4.78, 5) is 17.3. The first-order chi connectivity index (χ1) is 13.1. The molecule has 0 bridgehead atoms. The molecule has 1 N–H and O–H groups in total. The van der Waals surface area contributed by atoms with Crippen LogP contribution in [0.15, 0.2) is 76.8 Å². The van der Waals surface area contributed by atoms with Gasteiger partial charge in [0.1, 0.15) is 0 Å². The Kier molecular flexibility index (Phi) is 5.07. The molecular weight excluding hydrogens is 401 g/mol. The maximum absolute atomic E-state index is 12.4. The van der Waals surface area contributed by atoms with E-state index in [4.69, 9.17) is 23.2 Å². The summed E-state index contributed by atoms with van der Waals surface area (Å²) >= 11 is 13.5. The van der Waals surface area contributed by atoms with Gasteiger partial charge in [0, 0.05) is 17.6 Å². The van der Waals surface area contributed by atoms with Crippen molar-refractivity contribution >= 4 is 57.8 Å². The van der Waals surface area contributed by atoms with Crippen molar-refractivity contribution in [3.05, 3.63) is 87.5 Å². The van der Waals surface area contributed by atoms with E-state index in [1.807, 2.05) is 59.3 Å². The summed E-state index contributed by atoms with van der Waals surface area (Å²) in [5.74, 6) is -0.197. The lowest BCUT2D eigenvalue weighted by atomic mass is 10.3. The molecule has 1 amide bonds. The van der Waals surface area contributed by atoms with E-state index in [1.165, 1.54) is 11.8 Å². The summed E-state index contributed by atoms with van der Waals surface area (Å²) in [6, 6.07) is 19.0. The minimum Gasteiger partial charge on any atom is -0.317 e. The topological polar surface area (TPSA) is 46.4 Å². The number of para-hydroxylation sites is 1. The van der Waals surface area contributed by atoms with Crippen LogP contribution in [-0.4, -0.2) is 15.6 Å². The fraction of sp³-hybridized carbons (Fsp3) is 0. The Morgan fingerprint density at radius 3 is 2.63 bits per heavy atom. The van der Waals surface area contributed by atoms with E-state index >= 15 is 0 Å². The minimum atomic E-state index is -0.197. The number of hydrogen-bond donors (Lipinski definition) is 1. The number of halogens is 2. The van der Waals surface area contributed by atoms with E-state index in [9.17, 15) is 4.79 Å². The summed E-state index contributed by atoms with van der Waals surface area (Å²) in [6.45, 7) is 0. The first kappa shape index (κ1) is 17.9. The largest absolute Gasteiger partial charge is 0.317 e. The molecule has 1 fully saturated rings. The number of nitrogens with one attached hydrogen (secondary N) is 1. The highest BCUT2D eigenvalue weighted by molar-refractivity contribution is 8.18. The molecule has 0 unspecified atom stereocenters. The van der Waals surface area contributed by atoms with E-state index < -0.39 is 0 Å². The third-order valence-electron chi connectivity index (χ3n) is 3.90. The van der Waals surface area contributed by atoms with Crippen LogP contribution >= 0.6 is 35.0 Å². The highest BCUT2D eigenvalue weighted by atomic mass is 35.5. The molecule has 7 heteroatoms. The number of rotatable bonds is 3. The molecule has 1 aliphatic heterocycles. The fourth-order valence-electron chi connectivity index (χ4n) is 2.64. The molecule has 2 aromatic carbocycles. The maximum Gasteiger partial charge on any atom is 0.264 e. The Hall–Kier alpha value is -2.47. The van der Waals surface area contributed by atoms with Crippen molar-refractivity contribution in [2.75, 3.05) is 0 Å². The number of amides is 1. The van der Waals surface area contributed by atoms with Crippen molar-refractivity contribution in [3.8, 4) is 5.69 Å². The van der Waals surface area contributed by atoms with Crippen molar-refractivity contribution in [3.63, 3.8) is 0 Å². The summed E-state index contributed by atoms with van der Waals surface area (Å²) in [5.41, 5.74) is 2.44. The van der Waals surface area contributed by atoms with Crippen LogP contribution in [0.1, 0.15) is 5.69 Å². The van der Waals surface area contributed by atoms with Crippen LogP contribution in [0.3, 0.4) is 0 Å². The Morgan fingerprint density at radius 1 is 1.00 bits per heavy atom. The van der Waals surface area contributed by atoms with E-state index in [0.717, 1.165) is 11.4 Å². The van der Waals surface area contributed by atoms with Crippen LogP contribution in [0, 0.1) is 0 Å². The highest BCUT2D eigenvalue weighted by Crippen LogP contribution is 2.34. The average molecular weight is 414 g/mol. The van der Waals surface area contributed by atoms with Gasteiger partial charge in [0.15, 0.2) is 5.17 Å². The number of amidine groups is 1. The standard InChI is InChI=1S/C20H13Cl2N3OS/c21-15-9-4-10-16(18(15)22)23-20-24-19(26)17(27-20)12-14-8-5-11-25(14)13-6-2-1-3-7-13/h1-12H,(H,23,24,26)/b17-12+. The second kappa shape index (κ2) is 7.64. The molecule has 0 saturated carbocycles. The number of aromatic nitrogens is 1. The fourth-order valence-corrected chi connectivity index (χ4v) is 3.80. The summed E-state index contributed by atoms with van der Waals surface area (Å²) in [6.07, 6.45) is 3.80. The lowest BCUT2D eigenvalue weighted by molar-refractivity contribution is -0.115. The van der Waals surface area contributed by atoms with Gasteiger partial charge in [0.2, 0.25) is 0 Å². The number of nitrogens with zero attached hydrogens (tertiary/aromatic N) is 2. The second-order valence-corrected chi connectivity index (χ2v) is 7.51. The van der Waals surface area contributed by atoms with Gasteiger partial charge in [-0.05, 0) is 54.2 Å². The van der Waals surface area contributed by atoms with Crippen LogP contribution < -0.4 is 5.32 Å². The monoisotopic (exact) mass is 413 g/mol. The summed E-state index contributed by atoms with van der Waals surface area (Å²) in [7, 11) is 0. The Labute approximate surface area is 170 Å². The van der Waals surface area contributed by atoms with Crippen LogP contribution in [0.5, 0.6) is 0 Å². The number of hydrogen-bond acceptors (Lipinski definition) is 3. The zero-order chi connectivity index (χ0) is 18.8. The average Bonchev–Trinajstić information content (AvgIpc) is 3.27. The van der Waals surface area contributed by atoms with Crippen LogP contribution in [-0.2, 0) is 4.79 Å². The van der Waals surface area contributed by atoms with Gasteiger partial charge in [0.05, 0.1) is 20.6 Å². The summed E-state index contributed by atoms with van der Waals surface area (Å²) in [5, 5.41) is 4.01. The van der Waals surface area contributed by atoms with E-state index in [0.29, 0.717) is 25.8 Å². The molecule has 2 heterocycles. The molecular formula is C20H13Cl2N3OS. The van der Waals surface area contributed by atoms with E-state index in [-0.39, 0.29) is 5.91 Å². The van der Waals surface area contributed by atoms with Crippen LogP contribution in [0.25, 0.3) is 11.8 Å². The number of carbonyl (C=O) groups is 1. The van der Waals surface area contributed by atoms with Crippen molar-refractivity contribution in [1.29, 1.82) is 0 Å². The van der Waals surface area contributed by atoms with Crippen molar-refractivity contribution < 1.29 is 4.79 Å². The van der Waals surface area contributed by atoms with Gasteiger partial charge in [-0.25, -0.2) is 4.99 Å². The van der Waals surface area contributed by atoms with Crippen LogP contribution in [0.4, 0.5) is 5.69 Å². The molecule has 0 aliphatic carbocycles. The number of thioether (sulfide) groups is 1. The number of carbonyl (C=O) groups excluding carboxylic acids is 1. The normalized spacial score (nSPS) is 16.9. The lowest BCUT2D eigenvalue weighted by Gasteiger charge is -2.06. The van der Waals surface area contributed by atoms with Gasteiger partial charge in [-0.3, -0.25) is 4.79 Å². The SMILES string of the molecule is O=C1NC(=Nc2cccc(Cl)c2Cl)S/C1=C/c1cccn1-c1ccccc1.